The number of anilines is 1. The summed E-state index contributed by atoms with van der Waals surface area (Å²) < 4.78 is 0. The molecule has 2 heterocycles. The van der Waals surface area contributed by atoms with Crippen molar-refractivity contribution in [1.82, 2.24) is 9.88 Å². The van der Waals surface area contributed by atoms with Crippen LogP contribution in [0, 0.1) is 12.8 Å². The number of amides is 2. The first kappa shape index (κ1) is 17.8. The summed E-state index contributed by atoms with van der Waals surface area (Å²) in [5, 5.41) is 2.87. The van der Waals surface area contributed by atoms with Crippen LogP contribution in [-0.2, 0) is 9.59 Å². The minimum Gasteiger partial charge on any atom is -0.342 e. The number of piperidine rings is 1. The molecular weight excluding hydrogens is 310 g/mol. The van der Waals surface area contributed by atoms with Gasteiger partial charge in [0.25, 0.3) is 0 Å². The number of carbonyl (C=O) groups excluding carboxylic acids is 2. The maximum atomic E-state index is 12.4. The van der Waals surface area contributed by atoms with Gasteiger partial charge in [-0.3, -0.25) is 9.59 Å². The Hall–Kier alpha value is -1.56. The van der Waals surface area contributed by atoms with E-state index in [4.69, 9.17) is 0 Å². The van der Waals surface area contributed by atoms with Gasteiger partial charge in [-0.25, -0.2) is 4.98 Å². The highest BCUT2D eigenvalue weighted by Crippen LogP contribution is 2.19. The van der Waals surface area contributed by atoms with Gasteiger partial charge in [-0.1, -0.05) is 13.0 Å². The van der Waals surface area contributed by atoms with Crippen LogP contribution >= 0.6 is 11.8 Å². The van der Waals surface area contributed by atoms with Crippen LogP contribution in [0.3, 0.4) is 0 Å². The van der Waals surface area contributed by atoms with E-state index in [1.54, 1.807) is 17.8 Å². The van der Waals surface area contributed by atoms with Gasteiger partial charge in [0.05, 0.1) is 5.92 Å². The largest absolute Gasteiger partial charge is 0.342 e. The number of hydrogen-bond donors (Lipinski definition) is 1. The van der Waals surface area contributed by atoms with Crippen molar-refractivity contribution in [2.24, 2.45) is 5.92 Å². The lowest BCUT2D eigenvalue weighted by Gasteiger charge is -2.32. The maximum absolute atomic E-state index is 12.4. The molecule has 1 aliphatic rings. The highest BCUT2D eigenvalue weighted by atomic mass is 32.2. The lowest BCUT2D eigenvalue weighted by molar-refractivity contribution is -0.134. The second-order valence-corrected chi connectivity index (χ2v) is 7.17. The number of nitrogens with zero attached hydrogens (tertiary/aromatic N) is 2. The summed E-state index contributed by atoms with van der Waals surface area (Å²) in [7, 11) is 0. The Bertz CT molecular complexity index is 550. The molecule has 0 aromatic carbocycles. The summed E-state index contributed by atoms with van der Waals surface area (Å²) in [5.41, 5.74) is 0.872. The number of carbonyl (C=O) groups is 2. The fourth-order valence-corrected chi connectivity index (χ4v) is 3.33. The molecule has 1 fully saturated rings. The van der Waals surface area contributed by atoms with Gasteiger partial charge in [0.2, 0.25) is 11.8 Å². The van der Waals surface area contributed by atoms with Crippen molar-refractivity contribution in [2.75, 3.05) is 29.9 Å². The summed E-state index contributed by atoms with van der Waals surface area (Å²) in [6, 6.07) is 5.56. The van der Waals surface area contributed by atoms with Crippen molar-refractivity contribution in [1.29, 1.82) is 0 Å². The summed E-state index contributed by atoms with van der Waals surface area (Å²) in [6.07, 6.45) is 2.27. The third kappa shape index (κ3) is 5.53. The molecular formula is C17H25N3O2S. The van der Waals surface area contributed by atoms with E-state index in [1.807, 2.05) is 24.0 Å². The normalized spacial score (nSPS) is 17.8. The van der Waals surface area contributed by atoms with E-state index in [9.17, 15) is 9.59 Å². The fourth-order valence-electron chi connectivity index (χ4n) is 2.72. The monoisotopic (exact) mass is 335 g/mol. The molecule has 6 heteroatoms. The van der Waals surface area contributed by atoms with Crippen LogP contribution in [0.5, 0.6) is 0 Å². The van der Waals surface area contributed by atoms with Crippen LogP contribution in [0.2, 0.25) is 0 Å². The average Bonchev–Trinajstić information content (AvgIpc) is 2.55. The molecule has 5 nitrogen and oxygen atoms in total. The number of rotatable bonds is 6. The first-order valence-electron chi connectivity index (χ1n) is 8.20. The van der Waals surface area contributed by atoms with Crippen molar-refractivity contribution in [3.8, 4) is 0 Å². The molecule has 0 saturated carbocycles. The molecule has 1 aromatic heterocycles. The molecule has 1 aliphatic heterocycles. The van der Waals surface area contributed by atoms with Crippen LogP contribution in [0.15, 0.2) is 18.2 Å². The number of aryl methyl sites for hydroxylation is 1. The van der Waals surface area contributed by atoms with Crippen molar-refractivity contribution in [3.63, 3.8) is 0 Å². The highest BCUT2D eigenvalue weighted by molar-refractivity contribution is 7.99. The lowest BCUT2D eigenvalue weighted by Crippen LogP contribution is -2.44. The van der Waals surface area contributed by atoms with Crippen molar-refractivity contribution < 1.29 is 9.59 Å². The van der Waals surface area contributed by atoms with Gasteiger partial charge >= 0.3 is 0 Å². The van der Waals surface area contributed by atoms with E-state index in [0.29, 0.717) is 18.8 Å². The molecule has 23 heavy (non-hydrogen) atoms. The van der Waals surface area contributed by atoms with E-state index in [0.717, 1.165) is 36.6 Å². The average molecular weight is 335 g/mol. The molecule has 0 spiro atoms. The second kappa shape index (κ2) is 8.91. The van der Waals surface area contributed by atoms with Crippen molar-refractivity contribution in [2.45, 2.75) is 33.1 Å². The van der Waals surface area contributed by atoms with E-state index in [2.05, 4.69) is 17.2 Å². The smallest absolute Gasteiger partial charge is 0.230 e. The number of hydrogen-bond acceptors (Lipinski definition) is 4. The third-order valence-corrected chi connectivity index (χ3v) is 4.85. The molecule has 0 radical (unpaired) electrons. The summed E-state index contributed by atoms with van der Waals surface area (Å²) >= 11 is 1.78. The van der Waals surface area contributed by atoms with Crippen LogP contribution in [0.1, 0.15) is 31.9 Å². The molecule has 1 N–H and O–H groups in total. The van der Waals surface area contributed by atoms with E-state index >= 15 is 0 Å². The Kier molecular flexibility index (Phi) is 6.89. The maximum Gasteiger partial charge on any atom is 0.230 e. The molecule has 0 bridgehead atoms. The van der Waals surface area contributed by atoms with Crippen molar-refractivity contribution >= 4 is 29.4 Å². The molecule has 2 amide bonds. The molecule has 1 saturated heterocycles. The van der Waals surface area contributed by atoms with E-state index in [1.165, 1.54) is 0 Å². The molecule has 126 valence electrons. The Balaban J connectivity index is 1.87. The van der Waals surface area contributed by atoms with E-state index < -0.39 is 0 Å². The molecule has 2 rings (SSSR count). The Morgan fingerprint density at radius 3 is 3.00 bits per heavy atom. The van der Waals surface area contributed by atoms with Crippen LogP contribution in [0.4, 0.5) is 5.82 Å². The first-order valence-corrected chi connectivity index (χ1v) is 9.35. The van der Waals surface area contributed by atoms with Gasteiger partial charge in [0.15, 0.2) is 0 Å². The predicted octanol–water partition coefficient (Wildman–Crippen LogP) is 2.71. The number of nitrogens with one attached hydrogen (secondary N) is 1. The third-order valence-electron chi connectivity index (χ3n) is 3.95. The van der Waals surface area contributed by atoms with Gasteiger partial charge < -0.3 is 10.2 Å². The second-order valence-electron chi connectivity index (χ2n) is 5.78. The van der Waals surface area contributed by atoms with Crippen molar-refractivity contribution in [3.05, 3.63) is 23.9 Å². The minimum absolute atomic E-state index is 0.0384. The molecule has 0 aliphatic carbocycles. The molecule has 0 unspecified atom stereocenters. The zero-order valence-electron chi connectivity index (χ0n) is 13.9. The Morgan fingerprint density at radius 1 is 1.43 bits per heavy atom. The summed E-state index contributed by atoms with van der Waals surface area (Å²) in [5.74, 6) is 2.45. The zero-order valence-corrected chi connectivity index (χ0v) is 14.7. The number of likely N-dealkylation sites (tertiary alicyclic amines) is 1. The molecule has 1 atom stereocenters. The number of aromatic nitrogens is 1. The number of thioether (sulfide) groups is 1. The summed E-state index contributed by atoms with van der Waals surface area (Å²) in [4.78, 5) is 30.8. The SMILES string of the molecule is CCSCCC(=O)N1CCC[C@H](C(=O)Nc2cccc(C)n2)C1. The Morgan fingerprint density at radius 2 is 2.26 bits per heavy atom. The standard InChI is InChI=1S/C17H25N3O2S/c1-3-23-11-9-16(21)20-10-5-7-14(12-20)17(22)19-15-8-4-6-13(2)18-15/h4,6,8,14H,3,5,7,9-12H2,1-2H3,(H,18,19,22)/t14-/m0/s1. The zero-order chi connectivity index (χ0) is 16.7. The van der Waals surface area contributed by atoms with Crippen LogP contribution < -0.4 is 5.32 Å². The van der Waals surface area contributed by atoms with Gasteiger partial charge in [-0.2, -0.15) is 11.8 Å². The first-order chi connectivity index (χ1) is 11.1. The predicted molar refractivity (Wildman–Crippen MR) is 94.5 cm³/mol. The topological polar surface area (TPSA) is 62.3 Å². The van der Waals surface area contributed by atoms with Crippen LogP contribution in [-0.4, -0.2) is 46.3 Å². The highest BCUT2D eigenvalue weighted by Gasteiger charge is 2.28. The Labute approximate surface area is 142 Å². The van der Waals surface area contributed by atoms with Crippen LogP contribution in [0.25, 0.3) is 0 Å². The summed E-state index contributed by atoms with van der Waals surface area (Å²) in [6.45, 7) is 5.27. The number of pyridine rings is 1. The fraction of sp³-hybridized carbons (Fsp3) is 0.588. The van der Waals surface area contributed by atoms with E-state index in [-0.39, 0.29) is 17.7 Å². The quantitative estimate of drug-likeness (QED) is 0.812. The van der Waals surface area contributed by atoms with Gasteiger partial charge in [0, 0.05) is 31.0 Å². The minimum atomic E-state index is -0.145. The lowest BCUT2D eigenvalue weighted by atomic mass is 9.97. The van der Waals surface area contributed by atoms with Gasteiger partial charge in [-0.15, -0.1) is 0 Å². The van der Waals surface area contributed by atoms with Gasteiger partial charge in [-0.05, 0) is 37.7 Å². The molecule has 1 aromatic rings. The van der Waals surface area contributed by atoms with Gasteiger partial charge in [0.1, 0.15) is 5.82 Å².